The first-order chi connectivity index (χ1) is 12.6. The number of rotatable bonds is 6. The highest BCUT2D eigenvalue weighted by atomic mass is 16.2. The van der Waals surface area contributed by atoms with E-state index in [1.807, 2.05) is 29.3 Å². The smallest absolute Gasteiger partial charge is 0.318 e. The molecule has 2 aromatic heterocycles. The van der Waals surface area contributed by atoms with Crippen LogP contribution in [0.3, 0.4) is 0 Å². The number of hydrogen-bond donors (Lipinski definition) is 1. The van der Waals surface area contributed by atoms with Gasteiger partial charge in [0.25, 0.3) is 0 Å². The summed E-state index contributed by atoms with van der Waals surface area (Å²) in [5, 5.41) is 3.07. The minimum atomic E-state index is -0.0270. The molecule has 1 aliphatic carbocycles. The number of imidazole rings is 1. The number of carbonyl (C=O) groups is 1. The Kier molecular flexibility index (Phi) is 6.26. The fraction of sp³-hybridized carbons (Fsp3) is 0.550. The Bertz CT molecular complexity index is 691. The maximum atomic E-state index is 13.0. The first kappa shape index (κ1) is 18.4. The van der Waals surface area contributed by atoms with Crippen LogP contribution in [-0.4, -0.2) is 31.5 Å². The number of aromatic nitrogens is 3. The van der Waals surface area contributed by atoms with Gasteiger partial charge in [0.15, 0.2) is 0 Å². The van der Waals surface area contributed by atoms with Crippen LogP contribution < -0.4 is 5.32 Å². The average Bonchev–Trinajstić information content (AvgIpc) is 3.15. The van der Waals surface area contributed by atoms with Crippen molar-refractivity contribution in [3.8, 4) is 0 Å². The first-order valence-electron chi connectivity index (χ1n) is 9.61. The van der Waals surface area contributed by atoms with Crippen LogP contribution in [0.25, 0.3) is 0 Å². The molecule has 6 nitrogen and oxygen atoms in total. The van der Waals surface area contributed by atoms with Gasteiger partial charge in [-0.2, -0.15) is 0 Å². The molecule has 2 heterocycles. The third kappa shape index (κ3) is 4.62. The monoisotopic (exact) mass is 355 g/mol. The molecule has 0 saturated heterocycles. The molecule has 0 spiro atoms. The van der Waals surface area contributed by atoms with Gasteiger partial charge in [-0.3, -0.25) is 4.98 Å². The zero-order chi connectivity index (χ0) is 18.4. The zero-order valence-corrected chi connectivity index (χ0v) is 15.8. The summed E-state index contributed by atoms with van der Waals surface area (Å²) in [6.45, 7) is 5.22. The van der Waals surface area contributed by atoms with Crippen molar-refractivity contribution < 1.29 is 4.79 Å². The maximum Gasteiger partial charge on any atom is 0.318 e. The van der Waals surface area contributed by atoms with Gasteiger partial charge in [0.2, 0.25) is 0 Å². The molecule has 0 aromatic carbocycles. The molecule has 0 aliphatic heterocycles. The number of carbonyl (C=O) groups excluding carboxylic acids is 1. The number of urea groups is 1. The Morgan fingerprint density at radius 2 is 2.04 bits per heavy atom. The molecule has 1 saturated carbocycles. The van der Waals surface area contributed by atoms with Crippen molar-refractivity contribution in [2.24, 2.45) is 0 Å². The van der Waals surface area contributed by atoms with E-state index in [1.165, 1.54) is 19.3 Å². The highest BCUT2D eigenvalue weighted by molar-refractivity contribution is 5.74. The van der Waals surface area contributed by atoms with Gasteiger partial charge in [0.05, 0.1) is 18.8 Å². The van der Waals surface area contributed by atoms with E-state index in [9.17, 15) is 4.79 Å². The van der Waals surface area contributed by atoms with Crippen molar-refractivity contribution in [3.63, 3.8) is 0 Å². The number of amides is 2. The molecule has 3 rings (SSSR count). The van der Waals surface area contributed by atoms with Gasteiger partial charge in [-0.05, 0) is 38.8 Å². The van der Waals surface area contributed by atoms with Crippen LogP contribution in [0.1, 0.15) is 63.5 Å². The van der Waals surface area contributed by atoms with Gasteiger partial charge in [-0.1, -0.05) is 25.3 Å². The normalized spacial score (nSPS) is 15.2. The number of nitrogens with one attached hydrogen (secondary N) is 1. The number of hydrogen-bond acceptors (Lipinski definition) is 3. The molecule has 0 atom stereocenters. The average molecular weight is 355 g/mol. The van der Waals surface area contributed by atoms with Gasteiger partial charge in [0, 0.05) is 30.7 Å². The molecule has 1 fully saturated rings. The highest BCUT2D eigenvalue weighted by Crippen LogP contribution is 2.24. The van der Waals surface area contributed by atoms with Crippen LogP contribution in [0.4, 0.5) is 4.79 Å². The van der Waals surface area contributed by atoms with Crippen LogP contribution >= 0.6 is 0 Å². The molecule has 1 aliphatic rings. The van der Waals surface area contributed by atoms with E-state index < -0.39 is 0 Å². The lowest BCUT2D eigenvalue weighted by Crippen LogP contribution is -2.46. The summed E-state index contributed by atoms with van der Waals surface area (Å²) in [6, 6.07) is 6.44. The molecule has 2 aromatic rings. The number of nitrogens with zero attached hydrogens (tertiary/aromatic N) is 4. The summed E-state index contributed by atoms with van der Waals surface area (Å²) in [7, 11) is 0. The third-order valence-corrected chi connectivity index (χ3v) is 5.04. The third-order valence-electron chi connectivity index (χ3n) is 5.04. The predicted molar refractivity (Wildman–Crippen MR) is 102 cm³/mol. The van der Waals surface area contributed by atoms with Crippen molar-refractivity contribution in [3.05, 3.63) is 48.3 Å². The Balaban J connectivity index is 1.68. The topological polar surface area (TPSA) is 63.1 Å². The predicted octanol–water partition coefficient (Wildman–Crippen LogP) is 3.90. The Labute approximate surface area is 155 Å². The van der Waals surface area contributed by atoms with Crippen molar-refractivity contribution in [2.45, 2.75) is 71.1 Å². The molecule has 6 heteroatoms. The van der Waals surface area contributed by atoms with E-state index in [0.29, 0.717) is 19.1 Å². The minimum Gasteiger partial charge on any atom is -0.331 e. The summed E-state index contributed by atoms with van der Waals surface area (Å²) in [4.78, 5) is 23.7. The largest absolute Gasteiger partial charge is 0.331 e. The Hall–Kier alpha value is -2.37. The van der Waals surface area contributed by atoms with Gasteiger partial charge in [-0.15, -0.1) is 0 Å². The summed E-state index contributed by atoms with van der Waals surface area (Å²) in [6.07, 6.45) is 11.3. The van der Waals surface area contributed by atoms with Gasteiger partial charge in [-0.25, -0.2) is 9.78 Å². The second-order valence-electron chi connectivity index (χ2n) is 7.24. The van der Waals surface area contributed by atoms with Crippen LogP contribution in [0.5, 0.6) is 0 Å². The summed E-state index contributed by atoms with van der Waals surface area (Å²) in [5.74, 6) is 0.884. The number of pyridine rings is 1. The van der Waals surface area contributed by atoms with E-state index >= 15 is 0 Å². The summed E-state index contributed by atoms with van der Waals surface area (Å²) in [5.41, 5.74) is 0.928. The van der Waals surface area contributed by atoms with E-state index in [0.717, 1.165) is 24.4 Å². The first-order valence-corrected chi connectivity index (χ1v) is 9.61. The second kappa shape index (κ2) is 8.83. The Morgan fingerprint density at radius 1 is 1.23 bits per heavy atom. The van der Waals surface area contributed by atoms with Crippen molar-refractivity contribution in [1.82, 2.24) is 24.8 Å². The standard InChI is InChI=1S/C20H29N5O/c1-16(2)24-13-12-22-19(24)14-23-20(26)25(18-9-4-3-5-10-18)15-17-8-6-7-11-21-17/h6-8,11-13,16,18H,3-5,9-10,14-15H2,1-2H3,(H,23,26). The molecule has 0 bridgehead atoms. The molecule has 0 unspecified atom stereocenters. The van der Waals surface area contributed by atoms with Crippen LogP contribution in [0.15, 0.2) is 36.8 Å². The van der Waals surface area contributed by atoms with Crippen molar-refractivity contribution in [1.29, 1.82) is 0 Å². The summed E-state index contributed by atoms with van der Waals surface area (Å²) >= 11 is 0. The lowest BCUT2D eigenvalue weighted by atomic mass is 9.94. The van der Waals surface area contributed by atoms with Gasteiger partial charge < -0.3 is 14.8 Å². The summed E-state index contributed by atoms with van der Waals surface area (Å²) < 4.78 is 2.09. The molecule has 1 N–H and O–H groups in total. The van der Waals surface area contributed by atoms with Gasteiger partial charge >= 0.3 is 6.03 Å². The lowest BCUT2D eigenvalue weighted by Gasteiger charge is -2.34. The van der Waals surface area contributed by atoms with E-state index in [2.05, 4.69) is 33.7 Å². The molecule has 2 amide bonds. The second-order valence-corrected chi connectivity index (χ2v) is 7.24. The molecule has 140 valence electrons. The van der Waals surface area contributed by atoms with E-state index in [4.69, 9.17) is 0 Å². The molecule has 0 radical (unpaired) electrons. The van der Waals surface area contributed by atoms with Crippen LogP contribution in [0, 0.1) is 0 Å². The Morgan fingerprint density at radius 3 is 2.73 bits per heavy atom. The van der Waals surface area contributed by atoms with Crippen molar-refractivity contribution >= 4 is 6.03 Å². The van der Waals surface area contributed by atoms with E-state index in [-0.39, 0.29) is 12.1 Å². The van der Waals surface area contributed by atoms with Crippen molar-refractivity contribution in [2.75, 3.05) is 0 Å². The zero-order valence-electron chi connectivity index (χ0n) is 15.8. The minimum absolute atomic E-state index is 0.0270. The molecule has 26 heavy (non-hydrogen) atoms. The fourth-order valence-electron chi connectivity index (χ4n) is 3.63. The highest BCUT2D eigenvalue weighted by Gasteiger charge is 2.26. The van der Waals surface area contributed by atoms with Gasteiger partial charge in [0.1, 0.15) is 5.82 Å². The van der Waals surface area contributed by atoms with Crippen LogP contribution in [0.2, 0.25) is 0 Å². The quantitative estimate of drug-likeness (QED) is 0.855. The van der Waals surface area contributed by atoms with E-state index in [1.54, 1.807) is 12.4 Å². The maximum absolute atomic E-state index is 13.0. The van der Waals surface area contributed by atoms with Crippen LogP contribution in [-0.2, 0) is 13.1 Å². The SMILES string of the molecule is CC(C)n1ccnc1CNC(=O)N(Cc1ccccn1)C1CCCCC1. The lowest BCUT2D eigenvalue weighted by molar-refractivity contribution is 0.149. The molecular weight excluding hydrogens is 326 g/mol. The molecular formula is C20H29N5O. The fourth-order valence-corrected chi connectivity index (χ4v) is 3.63.